The quantitative estimate of drug-likeness (QED) is 0.690. The van der Waals surface area contributed by atoms with Gasteiger partial charge in [0.15, 0.2) is 0 Å². The molecule has 3 heteroatoms. The van der Waals surface area contributed by atoms with E-state index in [4.69, 9.17) is 9.47 Å². The van der Waals surface area contributed by atoms with Gasteiger partial charge in [-0.05, 0) is 31.6 Å². The van der Waals surface area contributed by atoms with Gasteiger partial charge in [0.2, 0.25) is 0 Å². The maximum Gasteiger partial charge on any atom is 0.0704 e. The third-order valence-electron chi connectivity index (χ3n) is 2.63. The Morgan fingerprint density at radius 3 is 2.73 bits per heavy atom. The van der Waals surface area contributed by atoms with Crippen LogP contribution in [0.3, 0.4) is 0 Å². The lowest BCUT2D eigenvalue weighted by Crippen LogP contribution is -2.27. The Labute approximate surface area is 92.8 Å². The van der Waals surface area contributed by atoms with Crippen LogP contribution in [0.5, 0.6) is 0 Å². The number of aliphatic hydroxyl groups excluding tert-OH is 1. The molecule has 0 aromatic heterocycles. The van der Waals surface area contributed by atoms with Crippen LogP contribution < -0.4 is 0 Å². The number of hydrogen-bond donors (Lipinski definition) is 1. The zero-order chi connectivity index (χ0) is 11.1. The number of ether oxygens (including phenoxy) is 2. The average Bonchev–Trinajstić information content (AvgIpc) is 2.17. The summed E-state index contributed by atoms with van der Waals surface area (Å²) in [4.78, 5) is 0. The van der Waals surface area contributed by atoms with Crippen molar-refractivity contribution in [1.29, 1.82) is 0 Å². The van der Waals surface area contributed by atoms with Crippen LogP contribution in [0.25, 0.3) is 0 Å². The maximum absolute atomic E-state index is 9.44. The van der Waals surface area contributed by atoms with Crippen molar-refractivity contribution in [3.63, 3.8) is 0 Å². The Balaban J connectivity index is 1.95. The van der Waals surface area contributed by atoms with Crippen molar-refractivity contribution in [2.45, 2.75) is 51.7 Å². The molecule has 0 bridgehead atoms. The lowest BCUT2D eigenvalue weighted by Gasteiger charge is -2.25. The monoisotopic (exact) mass is 216 g/mol. The van der Waals surface area contributed by atoms with Gasteiger partial charge in [0.05, 0.1) is 25.4 Å². The Hall–Kier alpha value is -0.120. The molecule has 1 saturated carbocycles. The molecule has 0 spiro atoms. The molecule has 2 atom stereocenters. The van der Waals surface area contributed by atoms with E-state index in [9.17, 15) is 5.11 Å². The first kappa shape index (κ1) is 12.9. The molecule has 90 valence electrons. The molecule has 0 radical (unpaired) electrons. The predicted octanol–water partition coefficient (Wildman–Crippen LogP) is 1.98. The fourth-order valence-electron chi connectivity index (χ4n) is 1.86. The molecular weight excluding hydrogens is 192 g/mol. The second kappa shape index (κ2) is 7.20. The highest BCUT2D eigenvalue weighted by Gasteiger charge is 2.20. The normalized spacial score (nSPS) is 27.2. The fraction of sp³-hybridized carbons (Fsp3) is 1.00. The Morgan fingerprint density at radius 2 is 2.07 bits per heavy atom. The molecular formula is C12H24O3. The number of hydrogen-bond acceptors (Lipinski definition) is 3. The molecule has 0 aromatic carbocycles. The molecule has 0 amide bonds. The van der Waals surface area contributed by atoms with Gasteiger partial charge in [-0.2, -0.15) is 0 Å². The van der Waals surface area contributed by atoms with Gasteiger partial charge in [-0.15, -0.1) is 0 Å². The third kappa shape index (κ3) is 6.13. The van der Waals surface area contributed by atoms with E-state index in [1.165, 1.54) is 0 Å². The van der Waals surface area contributed by atoms with Crippen molar-refractivity contribution in [2.24, 2.45) is 5.92 Å². The van der Waals surface area contributed by atoms with Crippen LogP contribution in [0.2, 0.25) is 0 Å². The van der Waals surface area contributed by atoms with Crippen molar-refractivity contribution < 1.29 is 14.6 Å². The van der Waals surface area contributed by atoms with E-state index in [1.54, 1.807) is 0 Å². The van der Waals surface area contributed by atoms with Gasteiger partial charge in [0.1, 0.15) is 0 Å². The van der Waals surface area contributed by atoms with Gasteiger partial charge >= 0.3 is 0 Å². The minimum absolute atomic E-state index is 0.152. The Bertz CT molecular complexity index is 159. The lowest BCUT2D eigenvalue weighted by molar-refractivity contribution is -0.0392. The summed E-state index contributed by atoms with van der Waals surface area (Å²) in [7, 11) is 0. The van der Waals surface area contributed by atoms with E-state index in [2.05, 4.69) is 13.8 Å². The van der Waals surface area contributed by atoms with Crippen LogP contribution >= 0.6 is 0 Å². The highest BCUT2D eigenvalue weighted by atomic mass is 16.5. The molecule has 2 unspecified atom stereocenters. The smallest absolute Gasteiger partial charge is 0.0704 e. The largest absolute Gasteiger partial charge is 0.393 e. The molecule has 1 aliphatic rings. The second-order valence-electron chi connectivity index (χ2n) is 4.78. The molecule has 0 aromatic rings. The SMILES string of the molecule is CC(C)COCCOC1CCCC(O)C1. The summed E-state index contributed by atoms with van der Waals surface area (Å²) in [5, 5.41) is 9.44. The second-order valence-corrected chi connectivity index (χ2v) is 4.78. The van der Waals surface area contributed by atoms with Gasteiger partial charge in [-0.25, -0.2) is 0 Å². The van der Waals surface area contributed by atoms with Gasteiger partial charge in [-0.1, -0.05) is 13.8 Å². The molecule has 1 rings (SSSR count). The summed E-state index contributed by atoms with van der Waals surface area (Å²) in [6.45, 7) is 6.40. The molecule has 1 fully saturated rings. The zero-order valence-electron chi connectivity index (χ0n) is 9.95. The van der Waals surface area contributed by atoms with E-state index >= 15 is 0 Å². The summed E-state index contributed by atoms with van der Waals surface area (Å²) < 4.78 is 11.1. The molecule has 1 aliphatic carbocycles. The van der Waals surface area contributed by atoms with Gasteiger partial charge in [0, 0.05) is 6.61 Å². The predicted molar refractivity (Wildman–Crippen MR) is 59.9 cm³/mol. The van der Waals surface area contributed by atoms with Crippen LogP contribution in [0, 0.1) is 5.92 Å². The Kier molecular flexibility index (Phi) is 6.22. The van der Waals surface area contributed by atoms with Crippen LogP contribution in [0.1, 0.15) is 39.5 Å². The van der Waals surface area contributed by atoms with Crippen molar-refractivity contribution >= 4 is 0 Å². The summed E-state index contributed by atoms with van der Waals surface area (Å²) in [5.41, 5.74) is 0. The molecule has 15 heavy (non-hydrogen) atoms. The van der Waals surface area contributed by atoms with Crippen molar-refractivity contribution in [3.8, 4) is 0 Å². The molecule has 0 heterocycles. The summed E-state index contributed by atoms with van der Waals surface area (Å²) in [5.74, 6) is 0.585. The molecule has 3 nitrogen and oxygen atoms in total. The highest BCUT2D eigenvalue weighted by Crippen LogP contribution is 2.20. The molecule has 0 aliphatic heterocycles. The van der Waals surface area contributed by atoms with Gasteiger partial charge in [-0.3, -0.25) is 0 Å². The summed E-state index contributed by atoms with van der Waals surface area (Å²) in [6, 6.07) is 0. The summed E-state index contributed by atoms with van der Waals surface area (Å²) in [6.07, 6.45) is 3.99. The minimum atomic E-state index is -0.152. The third-order valence-corrected chi connectivity index (χ3v) is 2.63. The Morgan fingerprint density at radius 1 is 1.27 bits per heavy atom. The topological polar surface area (TPSA) is 38.7 Å². The van der Waals surface area contributed by atoms with Crippen molar-refractivity contribution in [1.82, 2.24) is 0 Å². The minimum Gasteiger partial charge on any atom is -0.393 e. The van der Waals surface area contributed by atoms with Crippen molar-refractivity contribution in [3.05, 3.63) is 0 Å². The number of rotatable bonds is 6. The molecule has 1 N–H and O–H groups in total. The summed E-state index contributed by atoms with van der Waals surface area (Å²) >= 11 is 0. The van der Waals surface area contributed by atoms with E-state index in [1.807, 2.05) is 0 Å². The van der Waals surface area contributed by atoms with Crippen LogP contribution in [-0.4, -0.2) is 37.1 Å². The first-order valence-electron chi connectivity index (χ1n) is 6.06. The van der Waals surface area contributed by atoms with E-state index in [0.29, 0.717) is 19.1 Å². The number of aliphatic hydroxyl groups is 1. The maximum atomic E-state index is 9.44. The van der Waals surface area contributed by atoms with E-state index in [0.717, 1.165) is 32.3 Å². The van der Waals surface area contributed by atoms with E-state index in [-0.39, 0.29) is 12.2 Å². The van der Waals surface area contributed by atoms with Crippen molar-refractivity contribution in [2.75, 3.05) is 19.8 Å². The van der Waals surface area contributed by atoms with Crippen LogP contribution in [0.4, 0.5) is 0 Å². The lowest BCUT2D eigenvalue weighted by atomic mass is 9.95. The standard InChI is InChI=1S/C12H24O3/c1-10(2)9-14-6-7-15-12-5-3-4-11(13)8-12/h10-13H,3-9H2,1-2H3. The zero-order valence-corrected chi connectivity index (χ0v) is 9.95. The first-order chi connectivity index (χ1) is 7.18. The first-order valence-corrected chi connectivity index (χ1v) is 6.06. The van der Waals surface area contributed by atoms with E-state index < -0.39 is 0 Å². The average molecular weight is 216 g/mol. The fourth-order valence-corrected chi connectivity index (χ4v) is 1.86. The highest BCUT2D eigenvalue weighted by molar-refractivity contribution is 4.72. The van der Waals surface area contributed by atoms with Gasteiger partial charge in [0.25, 0.3) is 0 Å². The van der Waals surface area contributed by atoms with Crippen LogP contribution in [-0.2, 0) is 9.47 Å². The molecule has 0 saturated heterocycles. The van der Waals surface area contributed by atoms with Gasteiger partial charge < -0.3 is 14.6 Å². The van der Waals surface area contributed by atoms with Crippen LogP contribution in [0.15, 0.2) is 0 Å².